The van der Waals surface area contributed by atoms with E-state index in [1.54, 1.807) is 0 Å². The molecule has 1 amide bonds. The summed E-state index contributed by atoms with van der Waals surface area (Å²) in [4.78, 5) is 14.0. The fourth-order valence-electron chi connectivity index (χ4n) is 2.87. The van der Waals surface area contributed by atoms with Gasteiger partial charge in [0.15, 0.2) is 0 Å². The van der Waals surface area contributed by atoms with E-state index in [4.69, 9.17) is 5.11 Å². The predicted octanol–water partition coefficient (Wildman–Crippen LogP) is 1.44. The van der Waals surface area contributed by atoms with Gasteiger partial charge in [-0.25, -0.2) is 0 Å². The van der Waals surface area contributed by atoms with Crippen LogP contribution in [0.1, 0.15) is 25.0 Å². The maximum absolute atomic E-state index is 11.2. The molecule has 2 aromatic carbocycles. The molecular formula is C23H35ClN2O3. The second-order valence-corrected chi connectivity index (χ2v) is 6.65. The third-order valence-electron chi connectivity index (χ3n) is 4.75. The molecule has 0 radical (unpaired) electrons. The molecule has 2 rings (SSSR count). The molecule has 0 saturated heterocycles. The van der Waals surface area contributed by atoms with Gasteiger partial charge in [0.2, 0.25) is 0 Å². The molecule has 2 N–H and O–H groups in total. The number of aliphatic hydroxyl groups excluding tert-OH is 1. The molecule has 0 heterocycles. The summed E-state index contributed by atoms with van der Waals surface area (Å²) in [7, 11) is 0. The van der Waals surface area contributed by atoms with Gasteiger partial charge in [0.1, 0.15) is 12.6 Å². The standard InChI is InChI=1S/C17H19NO2.C6H15NO.ClH/c19-17(20)18(13-11-15-7-3-1-4-8-15)14-12-16-9-5-2-6-10-16;1-3-7(4-2)5-6-8;/h1-10H,11-14H2,(H,19,20);8H,3-6H2,1-2H3;1H. The molecule has 0 aliphatic rings. The van der Waals surface area contributed by atoms with Gasteiger partial charge in [-0.05, 0) is 37.8 Å². The van der Waals surface area contributed by atoms with Crippen molar-refractivity contribution in [1.82, 2.24) is 4.90 Å². The number of halogens is 1. The molecule has 162 valence electrons. The number of hydrogen-bond acceptors (Lipinski definition) is 3. The summed E-state index contributed by atoms with van der Waals surface area (Å²) in [6.45, 7) is 8.67. The molecule has 2 aromatic rings. The van der Waals surface area contributed by atoms with Gasteiger partial charge >= 0.3 is 0 Å². The normalized spacial score (nSPS) is 9.93. The number of quaternary nitrogens is 1. The Morgan fingerprint density at radius 3 is 1.59 bits per heavy atom. The molecule has 0 aliphatic carbocycles. The Balaban J connectivity index is 0.000000747. The average Bonchev–Trinajstić information content (AvgIpc) is 2.73. The van der Waals surface area contributed by atoms with E-state index in [0.29, 0.717) is 32.5 Å². The van der Waals surface area contributed by atoms with Gasteiger partial charge in [0, 0.05) is 13.1 Å². The van der Waals surface area contributed by atoms with Crippen molar-refractivity contribution in [3.63, 3.8) is 0 Å². The molecule has 0 bridgehead atoms. The highest BCUT2D eigenvalue weighted by Crippen LogP contribution is 2.04. The number of carbonyl (C=O) groups excluding carboxylic acids is 1. The zero-order chi connectivity index (χ0) is 20.6. The van der Waals surface area contributed by atoms with E-state index in [-0.39, 0.29) is 12.4 Å². The highest BCUT2D eigenvalue weighted by Gasteiger charge is 2.05. The van der Waals surface area contributed by atoms with Crippen LogP contribution in [0.4, 0.5) is 4.79 Å². The fraction of sp³-hybridized carbons (Fsp3) is 0.435. The molecule has 0 saturated carbocycles. The third-order valence-corrected chi connectivity index (χ3v) is 4.75. The summed E-state index contributed by atoms with van der Waals surface area (Å²) in [6, 6.07) is 19.8. The number of carbonyl (C=O) groups is 1. The Labute approximate surface area is 181 Å². The van der Waals surface area contributed by atoms with Crippen molar-refractivity contribution in [3.05, 3.63) is 71.8 Å². The van der Waals surface area contributed by atoms with Gasteiger partial charge in [-0.3, -0.25) is 0 Å². The summed E-state index contributed by atoms with van der Waals surface area (Å²) in [5.41, 5.74) is 2.27. The molecule has 0 atom stereocenters. The second kappa shape index (κ2) is 16.8. The lowest BCUT2D eigenvalue weighted by molar-refractivity contribution is -0.896. The number of rotatable bonds is 10. The van der Waals surface area contributed by atoms with Crippen LogP contribution in [0.15, 0.2) is 60.7 Å². The van der Waals surface area contributed by atoms with E-state index in [9.17, 15) is 9.90 Å². The van der Waals surface area contributed by atoms with Crippen molar-refractivity contribution in [2.75, 3.05) is 39.3 Å². The molecule has 0 unspecified atom stereocenters. The minimum Gasteiger partial charge on any atom is -0.530 e. The average molecular weight is 423 g/mol. The van der Waals surface area contributed by atoms with Gasteiger partial charge in [-0.1, -0.05) is 60.7 Å². The molecule has 0 aromatic heterocycles. The highest BCUT2D eigenvalue weighted by atomic mass is 35.5. The zero-order valence-electron chi connectivity index (χ0n) is 17.5. The monoisotopic (exact) mass is 422 g/mol. The lowest BCUT2D eigenvalue weighted by atomic mass is 10.1. The predicted molar refractivity (Wildman–Crippen MR) is 119 cm³/mol. The Morgan fingerprint density at radius 1 is 0.897 bits per heavy atom. The van der Waals surface area contributed by atoms with Crippen LogP contribution < -0.4 is 10.0 Å². The first-order chi connectivity index (χ1) is 13.6. The van der Waals surface area contributed by atoms with Crippen LogP contribution in [0.2, 0.25) is 0 Å². The van der Waals surface area contributed by atoms with Gasteiger partial charge in [0.25, 0.3) is 0 Å². The Hall–Kier alpha value is -2.08. The Kier molecular flexibility index (Phi) is 15.6. The topological polar surface area (TPSA) is 68.0 Å². The number of nitrogens with one attached hydrogen (secondary N) is 1. The van der Waals surface area contributed by atoms with E-state index in [0.717, 1.165) is 30.8 Å². The molecule has 0 fully saturated rings. The number of nitrogens with zero attached hydrogens (tertiary/aromatic N) is 1. The van der Waals surface area contributed by atoms with Crippen molar-refractivity contribution < 1.29 is 19.9 Å². The van der Waals surface area contributed by atoms with Gasteiger partial charge in [-0.2, -0.15) is 0 Å². The van der Waals surface area contributed by atoms with E-state index >= 15 is 0 Å². The first-order valence-corrected chi connectivity index (χ1v) is 10.1. The van der Waals surface area contributed by atoms with Gasteiger partial charge < -0.3 is 24.8 Å². The van der Waals surface area contributed by atoms with Crippen LogP contribution >= 0.6 is 12.4 Å². The number of amides is 1. The number of carboxylic acid groups (broad SMARTS) is 1. The largest absolute Gasteiger partial charge is 0.530 e. The quantitative estimate of drug-likeness (QED) is 0.608. The molecular weight excluding hydrogens is 388 g/mol. The van der Waals surface area contributed by atoms with Gasteiger partial charge in [-0.15, -0.1) is 12.4 Å². The first kappa shape index (κ1) is 26.9. The Bertz CT molecular complexity index is 594. The highest BCUT2D eigenvalue weighted by molar-refractivity contribution is 5.85. The first-order valence-electron chi connectivity index (χ1n) is 10.1. The number of benzene rings is 2. The smallest absolute Gasteiger partial charge is 0.136 e. The fourth-order valence-corrected chi connectivity index (χ4v) is 2.87. The lowest BCUT2D eigenvalue weighted by Gasteiger charge is -2.25. The SMILES string of the molecule is CC[NH+](CC)CCO.Cl.O=C([O-])N(CCc1ccccc1)CCc1ccccc1. The number of aliphatic hydroxyl groups is 1. The summed E-state index contributed by atoms with van der Waals surface area (Å²) in [6.07, 6.45) is 0.324. The molecule has 29 heavy (non-hydrogen) atoms. The van der Waals surface area contributed by atoms with Crippen molar-refractivity contribution in [3.8, 4) is 0 Å². The molecule has 5 nitrogen and oxygen atoms in total. The van der Waals surface area contributed by atoms with Crippen LogP contribution in [0.25, 0.3) is 0 Å². The van der Waals surface area contributed by atoms with E-state index in [1.807, 2.05) is 60.7 Å². The van der Waals surface area contributed by atoms with E-state index < -0.39 is 6.09 Å². The summed E-state index contributed by atoms with van der Waals surface area (Å²) < 4.78 is 0. The number of likely N-dealkylation sites (N-methyl/N-ethyl adjacent to an activating group) is 1. The summed E-state index contributed by atoms with van der Waals surface area (Å²) >= 11 is 0. The Morgan fingerprint density at radius 2 is 1.31 bits per heavy atom. The van der Waals surface area contributed by atoms with Crippen molar-refractivity contribution in [2.45, 2.75) is 26.7 Å². The minimum absolute atomic E-state index is 0. The lowest BCUT2D eigenvalue weighted by Crippen LogP contribution is -3.11. The van der Waals surface area contributed by atoms with Crippen molar-refractivity contribution >= 4 is 18.5 Å². The van der Waals surface area contributed by atoms with Gasteiger partial charge in [0.05, 0.1) is 19.7 Å². The minimum atomic E-state index is -1.10. The summed E-state index contributed by atoms with van der Waals surface area (Å²) in [5.74, 6) is 0. The van der Waals surface area contributed by atoms with Crippen LogP contribution in [-0.2, 0) is 12.8 Å². The van der Waals surface area contributed by atoms with Crippen LogP contribution in [0.3, 0.4) is 0 Å². The third kappa shape index (κ3) is 12.2. The molecule has 0 spiro atoms. The van der Waals surface area contributed by atoms with Crippen molar-refractivity contribution in [1.29, 1.82) is 0 Å². The molecule has 6 heteroatoms. The van der Waals surface area contributed by atoms with Crippen molar-refractivity contribution in [2.24, 2.45) is 0 Å². The maximum Gasteiger partial charge on any atom is 0.136 e. The van der Waals surface area contributed by atoms with Crippen LogP contribution in [0.5, 0.6) is 0 Å². The van der Waals surface area contributed by atoms with E-state index in [1.165, 1.54) is 9.80 Å². The molecule has 0 aliphatic heterocycles. The summed E-state index contributed by atoms with van der Waals surface area (Å²) in [5, 5.41) is 19.6. The van der Waals surface area contributed by atoms with Crippen LogP contribution in [0, 0.1) is 0 Å². The second-order valence-electron chi connectivity index (χ2n) is 6.65. The zero-order valence-corrected chi connectivity index (χ0v) is 18.4. The maximum atomic E-state index is 11.2. The van der Waals surface area contributed by atoms with E-state index in [2.05, 4.69) is 13.8 Å². The van der Waals surface area contributed by atoms with Crippen LogP contribution in [-0.4, -0.2) is 55.4 Å². The number of hydrogen-bond donors (Lipinski definition) is 2.